The van der Waals surface area contributed by atoms with Crippen LogP contribution >= 0.6 is 22.7 Å². The van der Waals surface area contributed by atoms with E-state index in [1.807, 2.05) is 33.8 Å². The molecule has 0 unspecified atom stereocenters. The van der Waals surface area contributed by atoms with Crippen LogP contribution in [0.15, 0.2) is 21.6 Å². The van der Waals surface area contributed by atoms with Crippen molar-refractivity contribution in [3.63, 3.8) is 0 Å². The van der Waals surface area contributed by atoms with E-state index in [1.165, 1.54) is 92.5 Å². The number of pyridine rings is 1. The lowest BCUT2D eigenvalue weighted by atomic mass is 9.89. The Labute approximate surface area is 325 Å². The van der Waals surface area contributed by atoms with Gasteiger partial charge in [-0.25, -0.2) is 4.79 Å². The first-order chi connectivity index (χ1) is 25.2. The van der Waals surface area contributed by atoms with Crippen LogP contribution in [0.2, 0.25) is 0 Å². The molecule has 2 aliphatic rings. The van der Waals surface area contributed by atoms with Gasteiger partial charge < -0.3 is 34.6 Å². The van der Waals surface area contributed by atoms with Crippen molar-refractivity contribution < 1.29 is 14.3 Å². The lowest BCUT2D eigenvalue weighted by molar-refractivity contribution is 0.0605. The summed E-state index contributed by atoms with van der Waals surface area (Å²) in [6.45, 7) is 14.4. The first-order valence-corrected chi connectivity index (χ1v) is 21.1. The highest BCUT2D eigenvalue weighted by atomic mass is 32.1. The maximum atomic E-state index is 12.9. The summed E-state index contributed by atoms with van der Waals surface area (Å²) in [5, 5.41) is 7.19. The molecule has 53 heavy (non-hydrogen) atoms. The van der Waals surface area contributed by atoms with Crippen molar-refractivity contribution in [3.8, 4) is 0 Å². The molecule has 0 spiro atoms. The molecule has 2 fully saturated rings. The van der Waals surface area contributed by atoms with E-state index in [-0.39, 0.29) is 24.0 Å². The minimum Gasteiger partial charge on any atom is -0.465 e. The molecule has 2 aliphatic carbocycles. The Balaban J connectivity index is 0.000000251. The summed E-state index contributed by atoms with van der Waals surface area (Å²) in [6.07, 6.45) is 9.75. The molecular weight excluding hydrogens is 705 g/mol. The van der Waals surface area contributed by atoms with E-state index >= 15 is 0 Å². The van der Waals surface area contributed by atoms with E-state index in [4.69, 9.17) is 4.74 Å². The number of aromatic amines is 1. The summed E-state index contributed by atoms with van der Waals surface area (Å²) >= 11 is 2.99. The van der Waals surface area contributed by atoms with Gasteiger partial charge in [0.25, 0.3) is 11.5 Å². The number of hydrogen-bond acceptors (Lipinski definition) is 10. The number of aromatic nitrogens is 1. The number of thiophene rings is 2. The Morgan fingerprint density at radius 2 is 1.19 bits per heavy atom. The van der Waals surface area contributed by atoms with Crippen molar-refractivity contribution in [2.45, 2.75) is 124 Å². The van der Waals surface area contributed by atoms with E-state index in [9.17, 15) is 14.4 Å². The molecule has 294 valence electrons. The van der Waals surface area contributed by atoms with Crippen molar-refractivity contribution in [3.05, 3.63) is 64.9 Å². The number of carbonyl (C=O) groups excluding carboxylic acids is 2. The van der Waals surface area contributed by atoms with Gasteiger partial charge in [0.05, 0.1) is 23.4 Å². The van der Waals surface area contributed by atoms with Crippen LogP contribution in [0.1, 0.15) is 113 Å². The third-order valence-electron chi connectivity index (χ3n) is 11.5. The monoisotopic (exact) mass is 768 g/mol. The first-order valence-electron chi connectivity index (χ1n) is 19.3. The van der Waals surface area contributed by atoms with Crippen molar-refractivity contribution in [2.75, 3.05) is 58.2 Å². The van der Waals surface area contributed by atoms with E-state index in [0.717, 1.165) is 45.2 Å². The summed E-state index contributed by atoms with van der Waals surface area (Å²) < 4.78 is 4.88. The zero-order valence-electron chi connectivity index (χ0n) is 34.1. The molecule has 1 amide bonds. The molecule has 0 atom stereocenters. The van der Waals surface area contributed by atoms with Gasteiger partial charge in [0.1, 0.15) is 4.88 Å². The Bertz CT molecular complexity index is 1710. The van der Waals surface area contributed by atoms with Crippen LogP contribution in [0.25, 0.3) is 0 Å². The molecule has 12 heteroatoms. The molecule has 0 saturated heterocycles. The summed E-state index contributed by atoms with van der Waals surface area (Å²) in [4.78, 5) is 50.9. The number of rotatable bonds is 12. The van der Waals surface area contributed by atoms with E-state index in [1.54, 1.807) is 0 Å². The van der Waals surface area contributed by atoms with Gasteiger partial charge in [0, 0.05) is 65.8 Å². The second-order valence-corrected chi connectivity index (χ2v) is 17.0. The zero-order chi connectivity index (χ0) is 39.0. The van der Waals surface area contributed by atoms with Crippen molar-refractivity contribution in [2.24, 2.45) is 0 Å². The maximum Gasteiger partial charge on any atom is 0.348 e. The van der Waals surface area contributed by atoms with Crippen molar-refractivity contribution in [1.29, 1.82) is 0 Å². The predicted molar refractivity (Wildman–Crippen MR) is 223 cm³/mol. The third kappa shape index (κ3) is 10.3. The number of nitrogens with one attached hydrogen (secondary N) is 2. The first kappa shape index (κ1) is 42.6. The molecule has 0 aromatic carbocycles. The van der Waals surface area contributed by atoms with Gasteiger partial charge in [-0.15, -0.1) is 22.7 Å². The molecule has 5 rings (SSSR count). The highest BCUT2D eigenvalue weighted by molar-refractivity contribution is 7.13. The molecule has 0 bridgehead atoms. The summed E-state index contributed by atoms with van der Waals surface area (Å²) in [5.74, 6) is -0.332. The van der Waals surface area contributed by atoms with Gasteiger partial charge in [-0.3, -0.25) is 9.59 Å². The Morgan fingerprint density at radius 1 is 0.755 bits per heavy atom. The smallest absolute Gasteiger partial charge is 0.348 e. The molecule has 3 aromatic rings. The van der Waals surface area contributed by atoms with Gasteiger partial charge in [-0.1, -0.05) is 0 Å². The number of methoxy groups -OCH3 is 1. The molecule has 2 N–H and O–H groups in total. The number of aryl methyl sites for hydroxylation is 2. The third-order valence-corrected chi connectivity index (χ3v) is 13.6. The minimum atomic E-state index is -0.221. The lowest BCUT2D eigenvalue weighted by Crippen LogP contribution is -2.42. The van der Waals surface area contributed by atoms with Crippen LogP contribution in [0.4, 0.5) is 11.4 Å². The second kappa shape index (κ2) is 19.4. The predicted octanol–water partition coefficient (Wildman–Crippen LogP) is 7.53. The largest absolute Gasteiger partial charge is 0.465 e. The standard InChI is InChI=1S/C24H36N4O2S.C17H28N2O2S/c1-7-28(19-10-8-18(9-11-19)27(5)6)21-14-31-22(17(21)4)24(30)25-13-20-15(2)12-16(3)26-23(20)29;1-6-19(14-9-7-13(8-10-14)18(3)4)15-11-22-16(12(15)2)17(20)21-5/h12,14,18-19H,7-11,13H2,1-6H3,(H,25,30)(H,26,29);11,13-14H,6-10H2,1-5H3. The minimum absolute atomic E-state index is 0.111. The second-order valence-electron chi connectivity index (χ2n) is 15.2. The number of nitrogens with zero attached hydrogens (tertiary/aromatic N) is 4. The Hall–Kier alpha value is -3.19. The summed E-state index contributed by atoms with van der Waals surface area (Å²) in [5.41, 5.74) is 6.69. The Kier molecular flexibility index (Phi) is 15.6. The SMILES string of the molecule is CCN(c1csc(C(=O)NCc2c(C)cc(C)[nH]c2=O)c1C)C1CCC(N(C)C)CC1.CCN(c1csc(C(=O)OC)c1C)C1CCC(N(C)C)CC1. The van der Waals surface area contributed by atoms with E-state index in [0.29, 0.717) is 29.7 Å². The van der Waals surface area contributed by atoms with Crippen molar-refractivity contribution >= 4 is 45.9 Å². The van der Waals surface area contributed by atoms with Gasteiger partial charge >= 0.3 is 5.97 Å². The topological polar surface area (TPSA) is 101 Å². The average molecular weight is 769 g/mol. The molecule has 2 saturated carbocycles. The van der Waals surface area contributed by atoms with Crippen LogP contribution < -0.4 is 20.7 Å². The highest BCUT2D eigenvalue weighted by Gasteiger charge is 2.30. The molecule has 0 aliphatic heterocycles. The molecular formula is C41H64N6O4S2. The van der Waals surface area contributed by atoms with Gasteiger partial charge in [-0.2, -0.15) is 0 Å². The summed E-state index contributed by atoms with van der Waals surface area (Å²) in [7, 11) is 10.1. The van der Waals surface area contributed by atoms with E-state index in [2.05, 4.69) is 82.7 Å². The van der Waals surface area contributed by atoms with Crippen LogP contribution in [-0.2, 0) is 11.3 Å². The fourth-order valence-corrected chi connectivity index (χ4v) is 10.3. The molecule has 0 radical (unpaired) electrons. The van der Waals surface area contributed by atoms with E-state index < -0.39 is 0 Å². The zero-order valence-corrected chi connectivity index (χ0v) is 35.7. The number of hydrogen-bond donors (Lipinski definition) is 2. The molecule has 10 nitrogen and oxygen atoms in total. The van der Waals surface area contributed by atoms with Crippen LogP contribution in [0.3, 0.4) is 0 Å². The quantitative estimate of drug-likeness (QED) is 0.183. The van der Waals surface area contributed by atoms with Gasteiger partial charge in [0.15, 0.2) is 0 Å². The van der Waals surface area contributed by atoms with Gasteiger partial charge in [0.2, 0.25) is 0 Å². The Morgan fingerprint density at radius 3 is 1.60 bits per heavy atom. The number of esters is 1. The normalized spacial score (nSPS) is 20.2. The molecule has 3 heterocycles. The van der Waals surface area contributed by atoms with Gasteiger partial charge in [-0.05, 0) is 144 Å². The van der Waals surface area contributed by atoms with Crippen molar-refractivity contribution in [1.82, 2.24) is 20.1 Å². The van der Waals surface area contributed by atoms with Crippen LogP contribution in [0, 0.1) is 27.7 Å². The molecule has 3 aromatic heterocycles. The number of anilines is 2. The number of amides is 1. The lowest BCUT2D eigenvalue weighted by Gasteiger charge is -2.39. The maximum absolute atomic E-state index is 12.9. The number of H-pyrrole nitrogens is 1. The highest BCUT2D eigenvalue weighted by Crippen LogP contribution is 2.36. The number of carbonyl (C=O) groups is 2. The number of ether oxygens (including phenoxy) is 1. The fourth-order valence-electron chi connectivity index (χ4n) is 8.27. The van der Waals surface area contributed by atoms with Crippen LogP contribution in [0.5, 0.6) is 0 Å². The summed E-state index contributed by atoms with van der Waals surface area (Å²) in [6, 6.07) is 4.43. The fraction of sp³-hybridized carbons (Fsp3) is 0.634. The van der Waals surface area contributed by atoms with Crippen LogP contribution in [-0.4, -0.2) is 99.2 Å². The average Bonchev–Trinajstić information content (AvgIpc) is 3.70.